The van der Waals surface area contributed by atoms with Gasteiger partial charge in [-0.15, -0.1) is 6.42 Å². The molecule has 3 heteroatoms. The molecule has 12 heavy (non-hydrogen) atoms. The molecule has 68 valence electrons. The van der Waals surface area contributed by atoms with Crippen LogP contribution in [0.5, 0.6) is 0 Å². The second-order valence-corrected chi connectivity index (χ2v) is 2.79. The van der Waals surface area contributed by atoms with Gasteiger partial charge in [0.25, 0.3) is 5.91 Å². The lowest BCUT2D eigenvalue weighted by Crippen LogP contribution is -2.29. The summed E-state index contributed by atoms with van der Waals surface area (Å²) in [6.45, 7) is 4.97. The van der Waals surface area contributed by atoms with E-state index in [9.17, 15) is 4.79 Å². The molecule has 0 atom stereocenters. The lowest BCUT2D eigenvalue weighted by molar-refractivity contribution is -0.124. The van der Waals surface area contributed by atoms with E-state index in [-0.39, 0.29) is 12.0 Å². The van der Waals surface area contributed by atoms with E-state index in [1.54, 1.807) is 7.05 Å². The Morgan fingerprint density at radius 2 is 2.25 bits per heavy atom. The normalized spacial score (nSPS) is 9.58. The van der Waals surface area contributed by atoms with Crippen molar-refractivity contribution < 1.29 is 9.53 Å². The summed E-state index contributed by atoms with van der Waals surface area (Å²) in [6.07, 6.45) is 5.12. The van der Waals surface area contributed by atoms with Crippen molar-refractivity contribution in [3.63, 3.8) is 0 Å². The minimum Gasteiger partial charge on any atom is -0.377 e. The average Bonchev–Trinajstić information content (AvgIpc) is 2.02. The molecule has 0 radical (unpaired) electrons. The number of amides is 1. The van der Waals surface area contributed by atoms with Crippen molar-refractivity contribution in [3.8, 4) is 12.3 Å². The van der Waals surface area contributed by atoms with Crippen molar-refractivity contribution in [1.29, 1.82) is 0 Å². The van der Waals surface area contributed by atoms with E-state index in [1.165, 1.54) is 4.90 Å². The van der Waals surface area contributed by atoms with Gasteiger partial charge in [0.05, 0.1) is 12.7 Å². The van der Waals surface area contributed by atoms with Gasteiger partial charge in [-0.25, -0.2) is 0 Å². The highest BCUT2D eigenvalue weighted by Gasteiger charge is 2.03. The molecular weight excluding hydrogens is 154 g/mol. The molecule has 0 saturated heterocycles. The van der Waals surface area contributed by atoms with Gasteiger partial charge in [-0.05, 0) is 19.8 Å². The van der Waals surface area contributed by atoms with Crippen LogP contribution in [0.25, 0.3) is 0 Å². The molecule has 0 aromatic heterocycles. The third-order valence-corrected chi connectivity index (χ3v) is 1.35. The van der Waals surface area contributed by atoms with E-state index in [0.717, 1.165) is 0 Å². The van der Waals surface area contributed by atoms with Crippen LogP contribution in [-0.4, -0.2) is 37.1 Å². The summed E-state index contributed by atoms with van der Waals surface area (Å²) in [7, 11) is 1.66. The van der Waals surface area contributed by atoms with Crippen LogP contribution in [0.4, 0.5) is 0 Å². The maximum atomic E-state index is 10.8. The summed E-state index contributed by atoms with van der Waals surface area (Å²) >= 11 is 0. The van der Waals surface area contributed by atoms with Gasteiger partial charge in [0, 0.05) is 13.6 Å². The third kappa shape index (κ3) is 4.75. The fourth-order valence-corrected chi connectivity index (χ4v) is 0.637. The van der Waals surface area contributed by atoms with E-state index in [2.05, 4.69) is 0 Å². The van der Waals surface area contributed by atoms with Gasteiger partial charge in [-0.3, -0.25) is 4.79 Å². The molecule has 0 fully saturated rings. The van der Waals surface area contributed by atoms with Gasteiger partial charge < -0.3 is 9.64 Å². The van der Waals surface area contributed by atoms with Gasteiger partial charge in [0.15, 0.2) is 0 Å². The van der Waals surface area contributed by atoms with Crippen LogP contribution >= 0.6 is 0 Å². The van der Waals surface area contributed by atoms with Crippen LogP contribution in [0.3, 0.4) is 0 Å². The van der Waals surface area contributed by atoms with Gasteiger partial charge in [0.1, 0.15) is 0 Å². The van der Waals surface area contributed by atoms with Crippen molar-refractivity contribution in [3.05, 3.63) is 0 Å². The summed E-state index contributed by atoms with van der Waals surface area (Å²) in [6, 6.07) is 0. The maximum absolute atomic E-state index is 10.8. The number of ether oxygens (including phenoxy) is 1. The van der Waals surface area contributed by atoms with Crippen LogP contribution in [0, 0.1) is 12.3 Å². The molecule has 0 aromatic carbocycles. The van der Waals surface area contributed by atoms with Crippen molar-refractivity contribution in [2.45, 2.75) is 20.0 Å². The standard InChI is InChI=1S/C9H15NO2/c1-5-9(11)10(4)6-7-12-8(2)3/h1,8H,6-7H2,2-4H3. The van der Waals surface area contributed by atoms with Crippen molar-refractivity contribution in [1.82, 2.24) is 4.90 Å². The minimum absolute atomic E-state index is 0.194. The Morgan fingerprint density at radius 3 is 2.67 bits per heavy atom. The van der Waals surface area contributed by atoms with E-state index < -0.39 is 0 Å². The summed E-state index contributed by atoms with van der Waals surface area (Å²) < 4.78 is 5.24. The fraction of sp³-hybridized carbons (Fsp3) is 0.667. The smallest absolute Gasteiger partial charge is 0.298 e. The Kier molecular flexibility index (Phi) is 5.14. The first-order chi connectivity index (χ1) is 5.57. The summed E-state index contributed by atoms with van der Waals surface area (Å²) in [5, 5.41) is 0. The Morgan fingerprint density at radius 1 is 1.67 bits per heavy atom. The van der Waals surface area contributed by atoms with Crippen LogP contribution < -0.4 is 0 Å². The first-order valence-corrected chi connectivity index (χ1v) is 3.91. The van der Waals surface area contributed by atoms with E-state index >= 15 is 0 Å². The highest BCUT2D eigenvalue weighted by atomic mass is 16.5. The average molecular weight is 169 g/mol. The lowest BCUT2D eigenvalue weighted by Gasteiger charge is -2.14. The van der Waals surface area contributed by atoms with Crippen LogP contribution in [0.2, 0.25) is 0 Å². The first kappa shape index (κ1) is 11.0. The predicted molar refractivity (Wildman–Crippen MR) is 47.6 cm³/mol. The fourth-order valence-electron chi connectivity index (χ4n) is 0.637. The monoisotopic (exact) mass is 169 g/mol. The van der Waals surface area contributed by atoms with Crippen molar-refractivity contribution >= 4 is 5.91 Å². The van der Waals surface area contributed by atoms with Gasteiger partial charge in [0.2, 0.25) is 0 Å². The van der Waals surface area contributed by atoms with E-state index in [0.29, 0.717) is 13.2 Å². The minimum atomic E-state index is -0.303. The molecule has 0 rings (SSSR count). The van der Waals surface area contributed by atoms with Crippen LogP contribution in [0.15, 0.2) is 0 Å². The Balaban J connectivity index is 3.52. The van der Waals surface area contributed by atoms with Gasteiger partial charge >= 0.3 is 0 Å². The van der Waals surface area contributed by atoms with E-state index in [4.69, 9.17) is 11.2 Å². The second kappa shape index (κ2) is 5.62. The molecule has 0 aliphatic rings. The first-order valence-electron chi connectivity index (χ1n) is 3.91. The van der Waals surface area contributed by atoms with Crippen LogP contribution in [0.1, 0.15) is 13.8 Å². The zero-order chi connectivity index (χ0) is 9.56. The largest absolute Gasteiger partial charge is 0.377 e. The molecule has 0 unspecified atom stereocenters. The maximum Gasteiger partial charge on any atom is 0.298 e. The van der Waals surface area contributed by atoms with E-state index in [1.807, 2.05) is 19.8 Å². The summed E-state index contributed by atoms with van der Waals surface area (Å²) in [5.41, 5.74) is 0. The van der Waals surface area contributed by atoms with Crippen molar-refractivity contribution in [2.75, 3.05) is 20.2 Å². The molecule has 3 nitrogen and oxygen atoms in total. The molecule has 0 bridgehead atoms. The molecule has 0 aliphatic carbocycles. The molecule has 0 N–H and O–H groups in total. The molecule has 1 amide bonds. The number of rotatable bonds is 4. The number of terminal acetylenes is 1. The summed E-state index contributed by atoms with van der Waals surface area (Å²) in [4.78, 5) is 12.3. The predicted octanol–water partition coefficient (Wildman–Crippen LogP) is 0.503. The number of likely N-dealkylation sites (N-methyl/N-ethyl adjacent to an activating group) is 1. The molecule has 0 spiro atoms. The number of nitrogens with zero attached hydrogens (tertiary/aromatic N) is 1. The highest BCUT2D eigenvalue weighted by molar-refractivity contribution is 5.92. The highest BCUT2D eigenvalue weighted by Crippen LogP contribution is 1.89. The Hall–Kier alpha value is -1.01. The van der Waals surface area contributed by atoms with Crippen molar-refractivity contribution in [2.24, 2.45) is 0 Å². The molecular formula is C9H15NO2. The lowest BCUT2D eigenvalue weighted by atomic mass is 10.4. The van der Waals surface area contributed by atoms with Gasteiger partial charge in [-0.1, -0.05) is 0 Å². The quantitative estimate of drug-likeness (QED) is 0.574. The summed E-state index contributed by atoms with van der Waals surface area (Å²) in [5.74, 6) is 1.73. The zero-order valence-electron chi connectivity index (χ0n) is 7.83. The molecule has 0 aromatic rings. The number of carbonyl (C=O) groups is 1. The third-order valence-electron chi connectivity index (χ3n) is 1.35. The molecule has 0 heterocycles. The SMILES string of the molecule is C#CC(=O)N(C)CCOC(C)C. The number of hydrogen-bond acceptors (Lipinski definition) is 2. The molecule has 0 aliphatic heterocycles. The number of carbonyl (C=O) groups excluding carboxylic acids is 1. The Bertz CT molecular complexity index is 181. The second-order valence-electron chi connectivity index (χ2n) is 2.79. The van der Waals surface area contributed by atoms with Gasteiger partial charge in [-0.2, -0.15) is 0 Å². The van der Waals surface area contributed by atoms with Crippen LogP contribution in [-0.2, 0) is 9.53 Å². The Labute approximate surface area is 73.7 Å². The zero-order valence-corrected chi connectivity index (χ0v) is 7.83. The topological polar surface area (TPSA) is 29.5 Å². The number of hydrogen-bond donors (Lipinski definition) is 0. The molecule has 0 saturated carbocycles.